The highest BCUT2D eigenvalue weighted by molar-refractivity contribution is 6.34. The van der Waals surface area contributed by atoms with Crippen LogP contribution in [-0.2, 0) is 29.5 Å². The maximum Gasteiger partial charge on any atom is 0.573 e. The van der Waals surface area contributed by atoms with Crippen molar-refractivity contribution >= 4 is 47.2 Å². The first kappa shape index (κ1) is 44.9. The summed E-state index contributed by atoms with van der Waals surface area (Å²) in [6.07, 6.45) is -17.3. The summed E-state index contributed by atoms with van der Waals surface area (Å²) < 4.78 is 154. The van der Waals surface area contributed by atoms with E-state index < -0.39 is 88.7 Å². The van der Waals surface area contributed by atoms with Crippen molar-refractivity contribution in [2.45, 2.75) is 49.2 Å². The number of carbonyl (C=O) groups excluding carboxylic acids is 3. The number of amides is 1. The van der Waals surface area contributed by atoms with Gasteiger partial charge in [0.05, 0.1) is 41.1 Å². The van der Waals surface area contributed by atoms with Crippen LogP contribution in [-0.4, -0.2) is 88.0 Å². The standard InChI is InChI=1S/C33H22Cl2F10N4O9/c34-21-3-2-17(10-20(21)27(53)48(29(15-46)6-7-29)16-57-28(54)56-9-1-8-55-25(52)5-4-24(50)51)18-13-47-49(14-18)26-22(35)11-19(12-23(26)58-33(43,44)45)30(36,31(37,38)39)32(40,41)42/h2-5,10-14H,1,6-9,16H2,(H,50,51)/b5-4+. The summed E-state index contributed by atoms with van der Waals surface area (Å²) >= 11 is 12.2. The zero-order chi connectivity index (χ0) is 43.4. The number of nitrogens with zero attached hydrogens (tertiary/aromatic N) is 4. The van der Waals surface area contributed by atoms with E-state index in [0.717, 1.165) is 23.4 Å². The number of carboxylic acids is 1. The molecule has 58 heavy (non-hydrogen) atoms. The van der Waals surface area contributed by atoms with Gasteiger partial charge in [-0.2, -0.15) is 36.7 Å². The molecule has 0 bridgehead atoms. The minimum absolute atomic E-state index is 0.0168. The molecule has 0 unspecified atom stereocenters. The van der Waals surface area contributed by atoms with E-state index >= 15 is 0 Å². The molecule has 1 aliphatic carbocycles. The molecule has 0 saturated heterocycles. The van der Waals surface area contributed by atoms with Crippen molar-refractivity contribution in [2.24, 2.45) is 0 Å². The Labute approximate surface area is 327 Å². The highest BCUT2D eigenvalue weighted by Gasteiger charge is 2.73. The number of aromatic nitrogens is 2. The van der Waals surface area contributed by atoms with E-state index in [1.165, 1.54) is 12.1 Å². The molecule has 2 aromatic carbocycles. The predicted molar refractivity (Wildman–Crippen MR) is 174 cm³/mol. The number of esters is 1. The molecular weight excluding hydrogens is 857 g/mol. The van der Waals surface area contributed by atoms with E-state index in [4.69, 9.17) is 42.5 Å². The lowest BCUT2D eigenvalue weighted by molar-refractivity contribution is -0.348. The maximum absolute atomic E-state index is 14.8. The second-order valence-corrected chi connectivity index (χ2v) is 12.6. The molecule has 0 radical (unpaired) electrons. The highest BCUT2D eigenvalue weighted by Crippen LogP contribution is 2.55. The van der Waals surface area contributed by atoms with E-state index in [-0.39, 0.29) is 60.3 Å². The zero-order valence-corrected chi connectivity index (χ0v) is 30.0. The van der Waals surface area contributed by atoms with E-state index in [1.807, 2.05) is 6.07 Å². The molecular formula is C33H22Cl2F10N4O9. The van der Waals surface area contributed by atoms with E-state index in [2.05, 4.69) is 9.84 Å². The summed E-state index contributed by atoms with van der Waals surface area (Å²) in [4.78, 5) is 48.7. The van der Waals surface area contributed by atoms with Crippen LogP contribution in [0.5, 0.6) is 5.75 Å². The van der Waals surface area contributed by atoms with Crippen LogP contribution in [0.3, 0.4) is 0 Å². The Balaban J connectivity index is 1.59. The van der Waals surface area contributed by atoms with Gasteiger partial charge in [-0.3, -0.25) is 9.69 Å². The van der Waals surface area contributed by atoms with Crippen LogP contribution >= 0.6 is 23.2 Å². The number of aliphatic carboxylic acids is 1. The van der Waals surface area contributed by atoms with Crippen LogP contribution in [0.15, 0.2) is 54.9 Å². The summed E-state index contributed by atoms with van der Waals surface area (Å²) in [6.45, 7) is -1.49. The normalized spacial score (nSPS) is 14.1. The summed E-state index contributed by atoms with van der Waals surface area (Å²) in [5.74, 6) is -5.14. The molecule has 1 amide bonds. The van der Waals surface area contributed by atoms with Gasteiger partial charge in [0.25, 0.3) is 5.91 Å². The summed E-state index contributed by atoms with van der Waals surface area (Å²) in [7, 11) is 0. The highest BCUT2D eigenvalue weighted by atomic mass is 35.5. The lowest BCUT2D eigenvalue weighted by atomic mass is 9.93. The summed E-state index contributed by atoms with van der Waals surface area (Å²) in [5.41, 5.74) is -11.5. The lowest BCUT2D eigenvalue weighted by Gasteiger charge is -2.31. The smallest absolute Gasteiger partial charge is 0.478 e. The number of carboxylic acid groups (broad SMARTS) is 1. The van der Waals surface area contributed by atoms with Gasteiger partial charge in [-0.05, 0) is 42.7 Å². The summed E-state index contributed by atoms with van der Waals surface area (Å²) in [6, 6.07) is 4.80. The number of ether oxygens (including phenoxy) is 4. The van der Waals surface area contributed by atoms with Gasteiger partial charge < -0.3 is 24.1 Å². The Morgan fingerprint density at radius 3 is 2.10 bits per heavy atom. The first-order valence-corrected chi connectivity index (χ1v) is 16.5. The first-order valence-electron chi connectivity index (χ1n) is 15.7. The molecule has 312 valence electrons. The summed E-state index contributed by atoms with van der Waals surface area (Å²) in [5, 5.41) is 20.6. The Hall–Kier alpha value is -5.76. The maximum atomic E-state index is 14.8. The van der Waals surface area contributed by atoms with Crippen LogP contribution in [0.4, 0.5) is 48.7 Å². The topological polar surface area (TPSA) is 170 Å². The fraction of sp³-hybridized carbons (Fsp3) is 0.333. The number of benzene rings is 2. The molecule has 1 heterocycles. The average molecular weight is 879 g/mol. The zero-order valence-electron chi connectivity index (χ0n) is 28.5. The molecule has 1 aliphatic rings. The molecule has 0 aliphatic heterocycles. The van der Waals surface area contributed by atoms with Gasteiger partial charge in [0.2, 0.25) is 0 Å². The largest absolute Gasteiger partial charge is 0.573 e. The third kappa shape index (κ3) is 10.2. The third-order valence-corrected chi connectivity index (χ3v) is 8.51. The molecule has 1 fully saturated rings. The van der Waals surface area contributed by atoms with Gasteiger partial charge >= 0.3 is 42.5 Å². The molecule has 4 rings (SSSR count). The number of halogens is 12. The molecule has 0 spiro atoms. The lowest BCUT2D eigenvalue weighted by Crippen LogP contribution is -2.50. The quantitative estimate of drug-likeness (QED) is 0.0544. The van der Waals surface area contributed by atoms with Crippen molar-refractivity contribution in [3.63, 3.8) is 0 Å². The number of rotatable bonds is 14. The fourth-order valence-electron chi connectivity index (χ4n) is 4.96. The van der Waals surface area contributed by atoms with Crippen LogP contribution < -0.4 is 4.74 Å². The average Bonchev–Trinajstić information content (AvgIpc) is 3.75. The Bertz CT molecular complexity index is 2130. The third-order valence-electron chi connectivity index (χ3n) is 7.89. The molecule has 13 nitrogen and oxygen atoms in total. The van der Waals surface area contributed by atoms with E-state index in [0.29, 0.717) is 16.8 Å². The van der Waals surface area contributed by atoms with Crippen molar-refractivity contribution in [1.82, 2.24) is 14.7 Å². The van der Waals surface area contributed by atoms with Gasteiger partial charge in [-0.15, -0.1) is 13.2 Å². The minimum Gasteiger partial charge on any atom is -0.478 e. The Morgan fingerprint density at radius 2 is 1.53 bits per heavy atom. The van der Waals surface area contributed by atoms with Gasteiger partial charge in [0, 0.05) is 35.9 Å². The number of nitriles is 1. The molecule has 1 saturated carbocycles. The molecule has 0 atom stereocenters. The number of carbonyl (C=O) groups is 4. The number of hydrogen-bond acceptors (Lipinski definition) is 10. The van der Waals surface area contributed by atoms with Crippen LogP contribution in [0.25, 0.3) is 16.8 Å². The Kier molecular flexibility index (Phi) is 13.2. The molecule has 3 aromatic rings. The van der Waals surface area contributed by atoms with Crippen molar-refractivity contribution in [2.75, 3.05) is 19.9 Å². The molecule has 25 heteroatoms. The second-order valence-electron chi connectivity index (χ2n) is 11.8. The van der Waals surface area contributed by atoms with Gasteiger partial charge in [0.15, 0.2) is 12.5 Å². The van der Waals surface area contributed by atoms with E-state index in [1.54, 1.807) is 0 Å². The van der Waals surface area contributed by atoms with Crippen molar-refractivity contribution < 1.29 is 87.1 Å². The van der Waals surface area contributed by atoms with Crippen molar-refractivity contribution in [1.29, 1.82) is 5.26 Å². The predicted octanol–water partition coefficient (Wildman–Crippen LogP) is 8.22. The fourth-order valence-corrected chi connectivity index (χ4v) is 5.46. The van der Waals surface area contributed by atoms with Crippen LogP contribution in [0, 0.1) is 11.3 Å². The van der Waals surface area contributed by atoms with E-state index in [9.17, 15) is 68.3 Å². The second kappa shape index (κ2) is 17.0. The van der Waals surface area contributed by atoms with Crippen LogP contribution in [0.2, 0.25) is 10.0 Å². The van der Waals surface area contributed by atoms with Crippen molar-refractivity contribution in [3.05, 3.63) is 76.0 Å². The number of hydrogen-bond donors (Lipinski definition) is 1. The van der Waals surface area contributed by atoms with Gasteiger partial charge in [-0.1, -0.05) is 29.3 Å². The SMILES string of the molecule is N#CC1(N(COC(=O)OCCCOC(=O)/C=C/C(=O)O)C(=O)c2cc(-c3cnn(-c4c(Cl)cc(C(F)(C(F)(F)F)C(F)(F)F)cc4OC(F)(F)F)c3)ccc2Cl)CC1. The van der Waals surface area contributed by atoms with Gasteiger partial charge in [0.1, 0.15) is 11.2 Å². The monoisotopic (exact) mass is 878 g/mol. The Morgan fingerprint density at radius 1 is 0.897 bits per heavy atom. The van der Waals surface area contributed by atoms with Crippen molar-refractivity contribution in [3.8, 4) is 28.6 Å². The first-order chi connectivity index (χ1) is 26.8. The van der Waals surface area contributed by atoms with Crippen LogP contribution in [0.1, 0.15) is 35.2 Å². The molecule has 1 aromatic heterocycles. The molecule has 1 N–H and O–H groups in total. The minimum atomic E-state index is -6.71. The number of alkyl halides is 10. The van der Waals surface area contributed by atoms with Gasteiger partial charge in [-0.25, -0.2) is 23.5 Å².